The number of hydrogen-bond acceptors (Lipinski definition) is 5. The Bertz CT molecular complexity index is 581. The zero-order valence-electron chi connectivity index (χ0n) is 12.3. The minimum absolute atomic E-state index is 0.174. The summed E-state index contributed by atoms with van der Waals surface area (Å²) < 4.78 is 0. The maximum Gasteiger partial charge on any atom is 0.246 e. The molecule has 1 saturated heterocycles. The molecule has 6 nitrogen and oxygen atoms in total. The van der Waals surface area contributed by atoms with Crippen molar-refractivity contribution in [2.75, 3.05) is 12.3 Å². The predicted molar refractivity (Wildman–Crippen MR) is 75.8 cm³/mol. The molecule has 0 atom stereocenters. The Morgan fingerprint density at radius 3 is 2.70 bits per heavy atom. The average molecular weight is 276 g/mol. The molecule has 0 radical (unpaired) electrons. The molecular weight excluding hydrogens is 256 g/mol. The van der Waals surface area contributed by atoms with Gasteiger partial charge >= 0.3 is 0 Å². The zero-order chi connectivity index (χ0) is 15.1. The van der Waals surface area contributed by atoms with E-state index in [0.29, 0.717) is 12.2 Å². The third kappa shape index (κ3) is 2.38. The summed E-state index contributed by atoms with van der Waals surface area (Å²) in [6, 6.07) is 0. The number of nitrogens with two attached hydrogens (primary N) is 1. The first-order valence-electron chi connectivity index (χ1n) is 6.53. The molecular formula is C14H20N4O2. The van der Waals surface area contributed by atoms with Gasteiger partial charge in [0.2, 0.25) is 11.8 Å². The van der Waals surface area contributed by atoms with Crippen LogP contribution < -0.4 is 11.1 Å². The molecule has 0 saturated carbocycles. The first-order chi connectivity index (χ1) is 9.23. The van der Waals surface area contributed by atoms with Crippen LogP contribution in [-0.4, -0.2) is 33.8 Å². The fraction of sp³-hybridized carbons (Fsp3) is 0.500. The fourth-order valence-electron chi connectivity index (χ4n) is 2.22. The molecule has 1 aliphatic rings. The Kier molecular flexibility index (Phi) is 3.52. The summed E-state index contributed by atoms with van der Waals surface area (Å²) in [5, 5.41) is 2.36. The van der Waals surface area contributed by atoms with E-state index in [1.165, 1.54) is 0 Å². The van der Waals surface area contributed by atoms with Crippen LogP contribution in [0, 0.1) is 13.8 Å². The average Bonchev–Trinajstić information content (AvgIpc) is 2.36. The van der Waals surface area contributed by atoms with E-state index in [0.717, 1.165) is 16.8 Å². The maximum atomic E-state index is 11.9. The number of anilines is 1. The van der Waals surface area contributed by atoms with Crippen molar-refractivity contribution >= 4 is 17.5 Å². The number of nitrogen functional groups attached to an aromatic ring is 1. The normalized spacial score (nSPS) is 19.0. The summed E-state index contributed by atoms with van der Waals surface area (Å²) in [6.45, 7) is 7.99. The van der Waals surface area contributed by atoms with E-state index in [1.807, 2.05) is 18.7 Å². The maximum absolute atomic E-state index is 11.9. The lowest BCUT2D eigenvalue weighted by Gasteiger charge is -2.40. The first kappa shape index (κ1) is 14.5. The number of pyridine rings is 1. The number of aryl methyl sites for hydroxylation is 1. The Balaban J connectivity index is 2.31. The topological polar surface area (TPSA) is 88.3 Å². The van der Waals surface area contributed by atoms with E-state index in [1.54, 1.807) is 20.0 Å². The lowest BCUT2D eigenvalue weighted by atomic mass is 9.97. The van der Waals surface area contributed by atoms with Crippen molar-refractivity contribution in [2.24, 2.45) is 0 Å². The highest BCUT2D eigenvalue weighted by Gasteiger charge is 2.41. The first-order valence-corrected chi connectivity index (χ1v) is 6.53. The molecule has 2 rings (SSSR count). The van der Waals surface area contributed by atoms with E-state index in [2.05, 4.69) is 10.3 Å². The number of carbonyl (C=O) groups is 2. The Morgan fingerprint density at radius 2 is 2.05 bits per heavy atom. The van der Waals surface area contributed by atoms with Crippen LogP contribution in [0.5, 0.6) is 0 Å². The van der Waals surface area contributed by atoms with Gasteiger partial charge in [0, 0.05) is 18.4 Å². The molecule has 1 aromatic rings. The Morgan fingerprint density at radius 1 is 1.40 bits per heavy atom. The number of rotatable bonds is 2. The van der Waals surface area contributed by atoms with E-state index in [4.69, 9.17) is 5.73 Å². The number of aromatic nitrogens is 1. The monoisotopic (exact) mass is 276 g/mol. The second-order valence-electron chi connectivity index (χ2n) is 5.72. The van der Waals surface area contributed by atoms with Gasteiger partial charge in [-0.2, -0.15) is 0 Å². The molecule has 6 heteroatoms. The molecule has 0 aliphatic carbocycles. The van der Waals surface area contributed by atoms with Gasteiger partial charge in [-0.15, -0.1) is 0 Å². The summed E-state index contributed by atoms with van der Waals surface area (Å²) in [5.74, 6) is -0.571. The summed E-state index contributed by atoms with van der Waals surface area (Å²) >= 11 is 0. The Labute approximate surface area is 118 Å². The zero-order valence-corrected chi connectivity index (χ0v) is 12.3. The van der Waals surface area contributed by atoms with Gasteiger partial charge in [0.05, 0.1) is 17.8 Å². The van der Waals surface area contributed by atoms with E-state index >= 15 is 0 Å². The minimum Gasteiger partial charge on any atom is -0.398 e. The number of carbonyl (C=O) groups excluding carboxylic acids is 2. The minimum atomic E-state index is -0.748. The summed E-state index contributed by atoms with van der Waals surface area (Å²) in [4.78, 5) is 29.7. The molecule has 20 heavy (non-hydrogen) atoms. The van der Waals surface area contributed by atoms with Crippen molar-refractivity contribution in [3.8, 4) is 0 Å². The van der Waals surface area contributed by atoms with Gasteiger partial charge < -0.3 is 5.73 Å². The number of amides is 2. The SMILES string of the molecule is Cc1cnc(CN2CC(=O)NC(=O)C2(C)C)c(C)c1N. The van der Waals surface area contributed by atoms with Crippen LogP contribution in [0.4, 0.5) is 5.69 Å². The molecule has 0 spiro atoms. The van der Waals surface area contributed by atoms with E-state index in [9.17, 15) is 9.59 Å². The van der Waals surface area contributed by atoms with Gasteiger partial charge in [-0.1, -0.05) is 0 Å². The second-order valence-corrected chi connectivity index (χ2v) is 5.72. The van der Waals surface area contributed by atoms with Crippen LogP contribution in [0.3, 0.4) is 0 Å². The lowest BCUT2D eigenvalue weighted by Crippen LogP contribution is -2.63. The van der Waals surface area contributed by atoms with Crippen molar-refractivity contribution in [2.45, 2.75) is 39.8 Å². The molecule has 1 aliphatic heterocycles. The smallest absolute Gasteiger partial charge is 0.246 e. The highest BCUT2D eigenvalue weighted by atomic mass is 16.2. The van der Waals surface area contributed by atoms with Gasteiger partial charge in [-0.25, -0.2) is 0 Å². The number of piperazine rings is 1. The van der Waals surface area contributed by atoms with Gasteiger partial charge in [0.25, 0.3) is 0 Å². The molecule has 0 unspecified atom stereocenters. The summed E-state index contributed by atoms with van der Waals surface area (Å²) in [6.07, 6.45) is 1.72. The third-order valence-corrected chi connectivity index (χ3v) is 3.95. The summed E-state index contributed by atoms with van der Waals surface area (Å²) in [5.41, 5.74) is 8.59. The quantitative estimate of drug-likeness (QED) is 0.769. The van der Waals surface area contributed by atoms with Crippen LogP contribution in [0.2, 0.25) is 0 Å². The molecule has 1 fully saturated rings. The van der Waals surface area contributed by atoms with Gasteiger partial charge in [-0.05, 0) is 38.8 Å². The van der Waals surface area contributed by atoms with Crippen molar-refractivity contribution in [3.05, 3.63) is 23.0 Å². The Hall–Kier alpha value is -1.95. The number of imide groups is 1. The van der Waals surface area contributed by atoms with Gasteiger partial charge in [0.15, 0.2) is 0 Å². The van der Waals surface area contributed by atoms with Crippen LogP contribution in [0.25, 0.3) is 0 Å². The molecule has 2 amide bonds. The van der Waals surface area contributed by atoms with E-state index in [-0.39, 0.29) is 18.4 Å². The summed E-state index contributed by atoms with van der Waals surface area (Å²) in [7, 11) is 0. The highest BCUT2D eigenvalue weighted by molar-refractivity contribution is 6.02. The molecule has 1 aromatic heterocycles. The van der Waals surface area contributed by atoms with Gasteiger partial charge in [-0.3, -0.25) is 24.8 Å². The number of hydrogen-bond donors (Lipinski definition) is 2. The van der Waals surface area contributed by atoms with E-state index < -0.39 is 5.54 Å². The van der Waals surface area contributed by atoms with Crippen molar-refractivity contribution in [3.63, 3.8) is 0 Å². The molecule has 3 N–H and O–H groups in total. The van der Waals surface area contributed by atoms with Crippen LogP contribution in [-0.2, 0) is 16.1 Å². The highest BCUT2D eigenvalue weighted by Crippen LogP contribution is 2.24. The van der Waals surface area contributed by atoms with Crippen molar-refractivity contribution < 1.29 is 9.59 Å². The third-order valence-electron chi connectivity index (χ3n) is 3.95. The number of nitrogens with one attached hydrogen (secondary N) is 1. The van der Waals surface area contributed by atoms with Crippen LogP contribution >= 0.6 is 0 Å². The standard InChI is InChI=1S/C14H20N4O2/c1-8-5-16-10(9(2)12(8)15)6-18-7-11(19)17-13(20)14(18,3)4/h5H,6-7H2,1-4H3,(H2,15,16)(H,17,19,20). The number of nitrogens with zero attached hydrogens (tertiary/aromatic N) is 2. The molecule has 108 valence electrons. The van der Waals surface area contributed by atoms with Crippen molar-refractivity contribution in [1.29, 1.82) is 0 Å². The van der Waals surface area contributed by atoms with Crippen LogP contribution in [0.15, 0.2) is 6.20 Å². The van der Waals surface area contributed by atoms with Gasteiger partial charge in [0.1, 0.15) is 0 Å². The predicted octanol–water partition coefficient (Wildman–Crippen LogP) is 0.518. The molecule has 0 bridgehead atoms. The largest absolute Gasteiger partial charge is 0.398 e. The lowest BCUT2D eigenvalue weighted by molar-refractivity contribution is -0.145. The van der Waals surface area contributed by atoms with Crippen molar-refractivity contribution in [1.82, 2.24) is 15.2 Å². The second kappa shape index (κ2) is 4.86. The fourth-order valence-corrected chi connectivity index (χ4v) is 2.22. The van der Waals surface area contributed by atoms with Crippen LogP contribution in [0.1, 0.15) is 30.7 Å². The molecule has 0 aromatic carbocycles. The molecule has 2 heterocycles.